The van der Waals surface area contributed by atoms with Crippen molar-refractivity contribution in [2.24, 2.45) is 11.3 Å². The van der Waals surface area contributed by atoms with Gasteiger partial charge in [-0.25, -0.2) is 0 Å². The molecule has 0 N–H and O–H groups in total. The van der Waals surface area contributed by atoms with Crippen LogP contribution in [0, 0.1) is 11.3 Å². The van der Waals surface area contributed by atoms with Crippen LogP contribution in [0.25, 0.3) is 0 Å². The van der Waals surface area contributed by atoms with E-state index in [9.17, 15) is 4.79 Å². The Kier molecular flexibility index (Phi) is 2.03. The predicted molar refractivity (Wildman–Crippen MR) is 48.8 cm³/mol. The van der Waals surface area contributed by atoms with E-state index in [0.29, 0.717) is 5.41 Å². The number of rotatable bonds is 3. The molecule has 2 rings (SSSR count). The Morgan fingerprint density at radius 1 is 1.50 bits per heavy atom. The van der Waals surface area contributed by atoms with Gasteiger partial charge in [-0.15, -0.1) is 0 Å². The summed E-state index contributed by atoms with van der Waals surface area (Å²) in [5.74, 6) is 0.719. The highest BCUT2D eigenvalue weighted by atomic mass is 16.1. The first-order valence-corrected chi connectivity index (χ1v) is 4.98. The van der Waals surface area contributed by atoms with Gasteiger partial charge in [-0.2, -0.15) is 0 Å². The smallest absolute Gasteiger partial charge is 0.120 e. The predicted octanol–water partition coefficient (Wildman–Crippen LogP) is 2.71. The van der Waals surface area contributed by atoms with Crippen LogP contribution in [0.3, 0.4) is 0 Å². The third kappa shape index (κ3) is 1.33. The van der Waals surface area contributed by atoms with Crippen LogP contribution in [0.4, 0.5) is 0 Å². The summed E-state index contributed by atoms with van der Waals surface area (Å²) in [6.07, 6.45) is 13.0. The molecule has 0 aromatic carbocycles. The number of hydrogen-bond donors (Lipinski definition) is 0. The molecule has 2 aliphatic rings. The standard InChI is InChI=1S/C11H16O/c12-9-8-11(6-7-11)10-4-2-1-3-5-10/h2,4,9-10H,1,3,5-8H2. The van der Waals surface area contributed by atoms with Gasteiger partial charge in [-0.05, 0) is 43.4 Å². The SMILES string of the molecule is O=CCC1(C2C=CCCC2)CC1. The normalized spacial score (nSPS) is 31.5. The summed E-state index contributed by atoms with van der Waals surface area (Å²) in [7, 11) is 0. The topological polar surface area (TPSA) is 17.1 Å². The van der Waals surface area contributed by atoms with Crippen molar-refractivity contribution in [3.63, 3.8) is 0 Å². The van der Waals surface area contributed by atoms with Crippen LogP contribution < -0.4 is 0 Å². The second-order valence-corrected chi connectivity index (χ2v) is 4.20. The maximum Gasteiger partial charge on any atom is 0.120 e. The molecule has 66 valence electrons. The van der Waals surface area contributed by atoms with Crippen molar-refractivity contribution < 1.29 is 4.79 Å². The maximum atomic E-state index is 10.5. The zero-order valence-corrected chi connectivity index (χ0v) is 7.46. The first kappa shape index (κ1) is 8.03. The molecule has 1 heteroatoms. The van der Waals surface area contributed by atoms with Crippen LogP contribution in [0.2, 0.25) is 0 Å². The molecule has 0 radical (unpaired) electrons. The van der Waals surface area contributed by atoms with Crippen molar-refractivity contribution in [3.05, 3.63) is 12.2 Å². The van der Waals surface area contributed by atoms with E-state index in [-0.39, 0.29) is 0 Å². The van der Waals surface area contributed by atoms with Crippen LogP contribution in [0.5, 0.6) is 0 Å². The van der Waals surface area contributed by atoms with Crippen molar-refractivity contribution in [1.82, 2.24) is 0 Å². The molecule has 1 unspecified atom stereocenters. The van der Waals surface area contributed by atoms with E-state index in [2.05, 4.69) is 12.2 Å². The molecule has 0 saturated heterocycles. The van der Waals surface area contributed by atoms with Crippen LogP contribution in [0.15, 0.2) is 12.2 Å². The molecule has 1 saturated carbocycles. The van der Waals surface area contributed by atoms with E-state index in [4.69, 9.17) is 0 Å². The van der Waals surface area contributed by atoms with Gasteiger partial charge in [-0.3, -0.25) is 0 Å². The van der Waals surface area contributed by atoms with Crippen LogP contribution in [0.1, 0.15) is 38.5 Å². The summed E-state index contributed by atoms with van der Waals surface area (Å²) in [4.78, 5) is 10.5. The third-order valence-corrected chi connectivity index (χ3v) is 3.42. The van der Waals surface area contributed by atoms with Crippen molar-refractivity contribution in [3.8, 4) is 0 Å². The quantitative estimate of drug-likeness (QED) is 0.463. The lowest BCUT2D eigenvalue weighted by atomic mass is 9.80. The zero-order chi connectivity index (χ0) is 8.44. The molecule has 1 nitrogen and oxygen atoms in total. The Morgan fingerprint density at radius 2 is 2.33 bits per heavy atom. The van der Waals surface area contributed by atoms with Crippen molar-refractivity contribution in [2.75, 3.05) is 0 Å². The summed E-state index contributed by atoms with van der Waals surface area (Å²) in [6, 6.07) is 0. The largest absolute Gasteiger partial charge is 0.303 e. The average molecular weight is 164 g/mol. The lowest BCUT2D eigenvalue weighted by Crippen LogP contribution is -2.16. The summed E-state index contributed by atoms with van der Waals surface area (Å²) >= 11 is 0. The highest BCUT2D eigenvalue weighted by molar-refractivity contribution is 5.52. The summed E-state index contributed by atoms with van der Waals surface area (Å²) < 4.78 is 0. The highest BCUT2D eigenvalue weighted by Crippen LogP contribution is 2.56. The second-order valence-electron chi connectivity index (χ2n) is 4.20. The molecule has 0 amide bonds. The lowest BCUT2D eigenvalue weighted by Gasteiger charge is -2.24. The molecule has 1 atom stereocenters. The van der Waals surface area contributed by atoms with E-state index >= 15 is 0 Å². The monoisotopic (exact) mass is 164 g/mol. The third-order valence-electron chi connectivity index (χ3n) is 3.42. The minimum absolute atomic E-state index is 0.415. The molecule has 0 spiro atoms. The van der Waals surface area contributed by atoms with Crippen molar-refractivity contribution in [1.29, 1.82) is 0 Å². The maximum absolute atomic E-state index is 10.5. The van der Waals surface area contributed by atoms with Crippen LogP contribution in [-0.4, -0.2) is 6.29 Å². The van der Waals surface area contributed by atoms with Gasteiger partial charge in [0, 0.05) is 6.42 Å². The molecule has 2 aliphatic carbocycles. The minimum atomic E-state index is 0.415. The van der Waals surface area contributed by atoms with Crippen LogP contribution >= 0.6 is 0 Å². The van der Waals surface area contributed by atoms with Crippen molar-refractivity contribution in [2.45, 2.75) is 38.5 Å². The number of allylic oxidation sites excluding steroid dienone is 2. The van der Waals surface area contributed by atoms with E-state index in [1.807, 2.05) is 0 Å². The molecule has 0 bridgehead atoms. The number of carbonyl (C=O) groups is 1. The number of carbonyl (C=O) groups excluding carboxylic acids is 1. The molecule has 0 heterocycles. The molecule has 0 aromatic rings. The Bertz CT molecular complexity index is 201. The molecule has 12 heavy (non-hydrogen) atoms. The summed E-state index contributed by atoms with van der Waals surface area (Å²) in [5.41, 5.74) is 0.415. The van der Waals surface area contributed by atoms with Crippen molar-refractivity contribution >= 4 is 6.29 Å². The van der Waals surface area contributed by atoms with Gasteiger partial charge >= 0.3 is 0 Å². The van der Waals surface area contributed by atoms with Gasteiger partial charge in [0.1, 0.15) is 6.29 Å². The van der Waals surface area contributed by atoms with Gasteiger partial charge in [-0.1, -0.05) is 12.2 Å². The lowest BCUT2D eigenvalue weighted by molar-refractivity contribution is -0.109. The zero-order valence-electron chi connectivity index (χ0n) is 7.46. The van der Waals surface area contributed by atoms with E-state index in [1.54, 1.807) is 0 Å². The molecule has 0 aromatic heterocycles. The fourth-order valence-corrected chi connectivity index (χ4v) is 2.38. The number of hydrogen-bond acceptors (Lipinski definition) is 1. The summed E-state index contributed by atoms with van der Waals surface area (Å²) in [6.45, 7) is 0. The summed E-state index contributed by atoms with van der Waals surface area (Å²) in [5, 5.41) is 0. The van der Waals surface area contributed by atoms with Crippen LogP contribution in [-0.2, 0) is 4.79 Å². The highest BCUT2D eigenvalue weighted by Gasteiger charge is 2.47. The van der Waals surface area contributed by atoms with Gasteiger partial charge in [0.2, 0.25) is 0 Å². The fourth-order valence-electron chi connectivity index (χ4n) is 2.38. The first-order valence-electron chi connectivity index (χ1n) is 4.98. The second kappa shape index (κ2) is 3.04. The van der Waals surface area contributed by atoms with Gasteiger partial charge in [0.15, 0.2) is 0 Å². The number of aldehydes is 1. The van der Waals surface area contributed by atoms with Gasteiger partial charge < -0.3 is 4.79 Å². The Hall–Kier alpha value is -0.590. The fraction of sp³-hybridized carbons (Fsp3) is 0.727. The first-order chi connectivity index (χ1) is 5.87. The minimum Gasteiger partial charge on any atom is -0.303 e. The Labute approximate surface area is 73.8 Å². The van der Waals surface area contributed by atoms with E-state index < -0.39 is 0 Å². The Balaban J connectivity index is 2.02. The molecular formula is C11H16O. The van der Waals surface area contributed by atoms with Gasteiger partial charge in [0.05, 0.1) is 0 Å². The van der Waals surface area contributed by atoms with E-state index in [1.165, 1.54) is 32.1 Å². The molecule has 1 fully saturated rings. The Morgan fingerprint density at radius 3 is 2.83 bits per heavy atom. The molecular weight excluding hydrogens is 148 g/mol. The van der Waals surface area contributed by atoms with Gasteiger partial charge in [0.25, 0.3) is 0 Å². The molecule has 0 aliphatic heterocycles. The van der Waals surface area contributed by atoms with E-state index in [0.717, 1.165) is 18.6 Å². The average Bonchev–Trinajstić information content (AvgIpc) is 2.88.